The first-order valence-electron chi connectivity index (χ1n) is 5.05. The van der Waals surface area contributed by atoms with E-state index in [4.69, 9.17) is 4.52 Å². The van der Waals surface area contributed by atoms with Crippen LogP contribution in [0.3, 0.4) is 0 Å². The number of aryl methyl sites for hydroxylation is 1. The molecule has 0 saturated carbocycles. The molecule has 0 bridgehead atoms. The van der Waals surface area contributed by atoms with Crippen LogP contribution in [-0.2, 0) is 6.42 Å². The average molecular weight is 220 g/mol. The normalized spacial score (nSPS) is 10.6. The van der Waals surface area contributed by atoms with Crippen LogP contribution in [0.4, 0.5) is 0 Å². The second-order valence-electron chi connectivity index (χ2n) is 3.50. The van der Waals surface area contributed by atoms with Gasteiger partial charge in [-0.3, -0.25) is 0 Å². The molecule has 1 aromatic heterocycles. The number of phenols is 2. The molecule has 0 amide bonds. The maximum Gasteiger partial charge on any atom is 0.258 e. The van der Waals surface area contributed by atoms with Crippen molar-refractivity contribution in [3.8, 4) is 23.0 Å². The van der Waals surface area contributed by atoms with Gasteiger partial charge in [0, 0.05) is 18.1 Å². The number of benzene rings is 1. The summed E-state index contributed by atoms with van der Waals surface area (Å²) in [5.74, 6) is 0.852. The Kier molecular flexibility index (Phi) is 2.76. The Morgan fingerprint density at radius 1 is 1.19 bits per heavy atom. The van der Waals surface area contributed by atoms with E-state index < -0.39 is 0 Å². The lowest BCUT2D eigenvalue weighted by molar-refractivity contribution is 0.420. The minimum absolute atomic E-state index is 0.0368. The predicted molar refractivity (Wildman–Crippen MR) is 57.1 cm³/mol. The molecule has 0 atom stereocenters. The molecule has 1 heterocycles. The van der Waals surface area contributed by atoms with Gasteiger partial charge in [0.25, 0.3) is 5.89 Å². The van der Waals surface area contributed by atoms with E-state index in [0.717, 1.165) is 12.8 Å². The number of hydrogen-bond acceptors (Lipinski definition) is 5. The van der Waals surface area contributed by atoms with E-state index in [-0.39, 0.29) is 11.5 Å². The Balaban J connectivity index is 2.34. The van der Waals surface area contributed by atoms with E-state index in [9.17, 15) is 10.2 Å². The molecular weight excluding hydrogens is 208 g/mol. The lowest BCUT2D eigenvalue weighted by atomic mass is 10.2. The highest BCUT2D eigenvalue weighted by atomic mass is 16.5. The van der Waals surface area contributed by atoms with Gasteiger partial charge in [0.2, 0.25) is 0 Å². The lowest BCUT2D eigenvalue weighted by Gasteiger charge is -1.97. The average Bonchev–Trinajstić information content (AvgIpc) is 2.65. The maximum absolute atomic E-state index is 9.32. The molecule has 0 spiro atoms. The number of phenolic OH excluding ortho intramolecular Hbond substituents is 2. The molecule has 0 unspecified atom stereocenters. The molecule has 84 valence electrons. The van der Waals surface area contributed by atoms with Crippen molar-refractivity contribution < 1.29 is 14.7 Å². The smallest absolute Gasteiger partial charge is 0.258 e. The monoisotopic (exact) mass is 220 g/mol. The summed E-state index contributed by atoms with van der Waals surface area (Å²) in [6, 6.07) is 4.17. The largest absolute Gasteiger partial charge is 0.508 e. The predicted octanol–water partition coefficient (Wildman–Crippen LogP) is 2.10. The topological polar surface area (TPSA) is 79.4 Å². The summed E-state index contributed by atoms with van der Waals surface area (Å²) in [4.78, 5) is 4.15. The van der Waals surface area contributed by atoms with E-state index >= 15 is 0 Å². The Hall–Kier alpha value is -2.04. The molecule has 16 heavy (non-hydrogen) atoms. The Morgan fingerprint density at radius 2 is 1.88 bits per heavy atom. The Morgan fingerprint density at radius 3 is 2.50 bits per heavy atom. The van der Waals surface area contributed by atoms with Crippen LogP contribution in [0.15, 0.2) is 22.7 Å². The molecule has 5 heteroatoms. The molecule has 0 fully saturated rings. The first-order valence-corrected chi connectivity index (χ1v) is 5.05. The summed E-state index contributed by atoms with van der Waals surface area (Å²) >= 11 is 0. The highest BCUT2D eigenvalue weighted by Gasteiger charge is 2.10. The van der Waals surface area contributed by atoms with Crippen LogP contribution in [0.5, 0.6) is 11.5 Å². The van der Waals surface area contributed by atoms with Gasteiger partial charge in [-0.05, 0) is 18.6 Å². The highest BCUT2D eigenvalue weighted by Crippen LogP contribution is 2.27. The minimum atomic E-state index is -0.0368. The molecule has 5 nitrogen and oxygen atoms in total. The zero-order valence-electron chi connectivity index (χ0n) is 8.84. The maximum atomic E-state index is 9.32. The summed E-state index contributed by atoms with van der Waals surface area (Å²) in [7, 11) is 0. The first-order chi connectivity index (χ1) is 7.69. The second kappa shape index (κ2) is 4.22. The van der Waals surface area contributed by atoms with Crippen molar-refractivity contribution in [2.75, 3.05) is 0 Å². The molecule has 0 aliphatic carbocycles. The summed E-state index contributed by atoms with van der Waals surface area (Å²) in [5, 5.41) is 22.4. The van der Waals surface area contributed by atoms with Crippen molar-refractivity contribution in [1.29, 1.82) is 0 Å². The van der Waals surface area contributed by atoms with Crippen molar-refractivity contribution in [3.63, 3.8) is 0 Å². The molecule has 1 aromatic carbocycles. The van der Waals surface area contributed by atoms with Crippen molar-refractivity contribution in [2.24, 2.45) is 0 Å². The third-order valence-corrected chi connectivity index (χ3v) is 2.09. The number of rotatable bonds is 3. The fourth-order valence-corrected chi connectivity index (χ4v) is 1.42. The van der Waals surface area contributed by atoms with Gasteiger partial charge in [0.1, 0.15) is 11.5 Å². The molecular formula is C11H12N2O3. The zero-order chi connectivity index (χ0) is 11.5. The van der Waals surface area contributed by atoms with Gasteiger partial charge in [-0.25, -0.2) is 0 Å². The van der Waals surface area contributed by atoms with Gasteiger partial charge >= 0.3 is 0 Å². The highest BCUT2D eigenvalue weighted by molar-refractivity contribution is 5.58. The third-order valence-electron chi connectivity index (χ3n) is 2.09. The van der Waals surface area contributed by atoms with Crippen LogP contribution in [0.25, 0.3) is 11.5 Å². The lowest BCUT2D eigenvalue weighted by Crippen LogP contribution is -1.85. The van der Waals surface area contributed by atoms with Gasteiger partial charge < -0.3 is 14.7 Å². The van der Waals surface area contributed by atoms with Crippen LogP contribution in [0.1, 0.15) is 19.2 Å². The number of aromatic nitrogens is 2. The zero-order valence-corrected chi connectivity index (χ0v) is 8.84. The van der Waals surface area contributed by atoms with Crippen LogP contribution in [-0.4, -0.2) is 20.4 Å². The molecule has 0 saturated heterocycles. The fourth-order valence-electron chi connectivity index (χ4n) is 1.42. The van der Waals surface area contributed by atoms with Gasteiger partial charge in [-0.1, -0.05) is 12.1 Å². The Labute approximate surface area is 92.4 Å². The van der Waals surface area contributed by atoms with Crippen LogP contribution >= 0.6 is 0 Å². The second-order valence-corrected chi connectivity index (χ2v) is 3.50. The summed E-state index contributed by atoms with van der Waals surface area (Å²) < 4.78 is 5.03. The van der Waals surface area contributed by atoms with Crippen LogP contribution < -0.4 is 0 Å². The van der Waals surface area contributed by atoms with Crippen LogP contribution in [0, 0.1) is 0 Å². The van der Waals surface area contributed by atoms with E-state index in [1.165, 1.54) is 18.2 Å². The summed E-state index contributed by atoms with van der Waals surface area (Å²) in [5.41, 5.74) is 0.507. The molecule has 0 aliphatic heterocycles. The van der Waals surface area contributed by atoms with E-state index in [2.05, 4.69) is 10.1 Å². The molecule has 0 radical (unpaired) electrons. The van der Waals surface area contributed by atoms with Crippen molar-refractivity contribution >= 4 is 0 Å². The fraction of sp³-hybridized carbons (Fsp3) is 0.273. The number of hydrogen-bond donors (Lipinski definition) is 2. The van der Waals surface area contributed by atoms with Crippen molar-refractivity contribution in [1.82, 2.24) is 10.1 Å². The van der Waals surface area contributed by atoms with Gasteiger partial charge in [0.15, 0.2) is 5.82 Å². The van der Waals surface area contributed by atoms with Gasteiger partial charge in [0.05, 0.1) is 0 Å². The molecule has 2 rings (SSSR count). The van der Waals surface area contributed by atoms with E-state index in [0.29, 0.717) is 17.3 Å². The molecule has 0 aliphatic rings. The van der Waals surface area contributed by atoms with E-state index in [1.807, 2.05) is 6.92 Å². The number of aromatic hydroxyl groups is 2. The standard InChI is InChI=1S/C11H12N2O3/c1-2-3-10-12-11(16-13-10)7-4-8(14)6-9(15)5-7/h4-6,14-15H,2-3H2,1H3. The quantitative estimate of drug-likeness (QED) is 0.828. The van der Waals surface area contributed by atoms with Gasteiger partial charge in [-0.15, -0.1) is 0 Å². The van der Waals surface area contributed by atoms with Crippen LogP contribution in [0.2, 0.25) is 0 Å². The van der Waals surface area contributed by atoms with Crippen molar-refractivity contribution in [3.05, 3.63) is 24.0 Å². The van der Waals surface area contributed by atoms with Crippen molar-refractivity contribution in [2.45, 2.75) is 19.8 Å². The molecule has 2 aromatic rings. The summed E-state index contributed by atoms with van der Waals surface area (Å²) in [6.07, 6.45) is 1.68. The Bertz CT molecular complexity index is 473. The van der Waals surface area contributed by atoms with Gasteiger partial charge in [-0.2, -0.15) is 4.98 Å². The minimum Gasteiger partial charge on any atom is -0.508 e. The number of nitrogens with zero attached hydrogens (tertiary/aromatic N) is 2. The third kappa shape index (κ3) is 2.13. The SMILES string of the molecule is CCCc1noc(-c2cc(O)cc(O)c2)n1. The summed E-state index contributed by atoms with van der Waals surface area (Å²) in [6.45, 7) is 2.02. The van der Waals surface area contributed by atoms with E-state index in [1.54, 1.807) is 0 Å². The first kappa shape index (κ1) is 10.5. The molecule has 2 N–H and O–H groups in total.